The molecule has 1 N–H and O–H groups in total. The van der Waals surface area contributed by atoms with Crippen molar-refractivity contribution in [3.63, 3.8) is 0 Å². The van der Waals surface area contributed by atoms with Gasteiger partial charge in [-0.25, -0.2) is 0 Å². The van der Waals surface area contributed by atoms with Crippen LogP contribution in [0, 0.1) is 11.8 Å². The second kappa shape index (κ2) is 8.71. The van der Waals surface area contributed by atoms with Gasteiger partial charge in [0.1, 0.15) is 5.75 Å². The minimum Gasteiger partial charge on any atom is -0.497 e. The first-order valence-corrected chi connectivity index (χ1v) is 8.72. The van der Waals surface area contributed by atoms with E-state index in [4.69, 9.17) is 4.74 Å². The predicted octanol–water partition coefficient (Wildman–Crippen LogP) is 2.25. The highest BCUT2D eigenvalue weighted by Crippen LogP contribution is 2.39. The van der Waals surface area contributed by atoms with E-state index >= 15 is 0 Å². The highest BCUT2D eigenvalue weighted by Gasteiger charge is 2.48. The highest BCUT2D eigenvalue weighted by molar-refractivity contribution is 5.92. The van der Waals surface area contributed by atoms with E-state index < -0.39 is 0 Å². The Hall–Kier alpha value is -2.04. The fourth-order valence-electron chi connectivity index (χ4n) is 2.80. The summed E-state index contributed by atoms with van der Waals surface area (Å²) in [6.45, 7) is 3.47. The Balaban J connectivity index is 1.69. The lowest BCUT2D eigenvalue weighted by Crippen LogP contribution is -2.32. The smallest absolute Gasteiger partial charge is 0.226 e. The van der Waals surface area contributed by atoms with Crippen LogP contribution in [0.3, 0.4) is 0 Å². The van der Waals surface area contributed by atoms with Crippen molar-refractivity contribution in [3.05, 3.63) is 29.8 Å². The van der Waals surface area contributed by atoms with E-state index in [2.05, 4.69) is 12.2 Å². The van der Waals surface area contributed by atoms with Crippen LogP contribution in [0.4, 0.5) is 0 Å². The summed E-state index contributed by atoms with van der Waals surface area (Å²) in [7, 11) is 3.47. The summed E-state index contributed by atoms with van der Waals surface area (Å²) in [5, 5.41) is 2.95. The van der Waals surface area contributed by atoms with Crippen LogP contribution in [0.25, 0.3) is 0 Å². The average molecular weight is 332 g/mol. The average Bonchev–Trinajstić information content (AvgIpc) is 3.40. The Morgan fingerprint density at radius 2 is 1.96 bits per heavy atom. The molecule has 5 nitrogen and oxygen atoms in total. The van der Waals surface area contributed by atoms with Crippen LogP contribution in [0.5, 0.6) is 5.75 Å². The Morgan fingerprint density at radius 1 is 1.25 bits per heavy atom. The monoisotopic (exact) mass is 332 g/mol. The molecule has 1 fully saturated rings. The number of hydrogen-bond acceptors (Lipinski definition) is 3. The highest BCUT2D eigenvalue weighted by atomic mass is 16.5. The van der Waals surface area contributed by atoms with Gasteiger partial charge in [-0.1, -0.05) is 25.5 Å². The van der Waals surface area contributed by atoms with Crippen LogP contribution in [0.1, 0.15) is 31.7 Å². The number of benzene rings is 1. The van der Waals surface area contributed by atoms with Gasteiger partial charge >= 0.3 is 0 Å². The lowest BCUT2D eigenvalue weighted by atomic mass is 10.1. The van der Waals surface area contributed by atoms with Crippen LogP contribution < -0.4 is 10.1 Å². The molecule has 0 saturated heterocycles. The molecule has 1 saturated carbocycles. The number of carbonyl (C=O) groups excluding carboxylic acids is 2. The Bertz CT molecular complexity index is 556. The summed E-state index contributed by atoms with van der Waals surface area (Å²) >= 11 is 0. The maximum absolute atomic E-state index is 12.2. The summed E-state index contributed by atoms with van der Waals surface area (Å²) in [5.74, 6) is 0.684. The number of nitrogens with one attached hydrogen (secondary N) is 1. The third-order valence-corrected chi connectivity index (χ3v) is 4.54. The molecule has 0 radical (unpaired) electrons. The maximum Gasteiger partial charge on any atom is 0.226 e. The first-order chi connectivity index (χ1) is 11.6. The van der Waals surface area contributed by atoms with E-state index in [1.807, 2.05) is 31.3 Å². The van der Waals surface area contributed by atoms with Gasteiger partial charge < -0.3 is 15.0 Å². The second-order valence-electron chi connectivity index (χ2n) is 6.45. The fourth-order valence-corrected chi connectivity index (χ4v) is 2.80. The molecule has 2 rings (SSSR count). The van der Waals surface area contributed by atoms with Crippen LogP contribution in [0.2, 0.25) is 0 Å². The zero-order valence-electron chi connectivity index (χ0n) is 14.9. The molecule has 0 heterocycles. The van der Waals surface area contributed by atoms with Crippen LogP contribution in [-0.2, 0) is 16.0 Å². The van der Waals surface area contributed by atoms with Gasteiger partial charge in [-0.15, -0.1) is 0 Å². The molecule has 2 atom stereocenters. The van der Waals surface area contributed by atoms with Gasteiger partial charge in [0.15, 0.2) is 0 Å². The largest absolute Gasteiger partial charge is 0.497 e. The normalized spacial score (nSPS) is 18.8. The van der Waals surface area contributed by atoms with Gasteiger partial charge in [0.2, 0.25) is 11.8 Å². The van der Waals surface area contributed by atoms with Crippen molar-refractivity contribution < 1.29 is 14.3 Å². The first-order valence-electron chi connectivity index (χ1n) is 8.72. The van der Waals surface area contributed by atoms with E-state index in [9.17, 15) is 9.59 Å². The Kier molecular flexibility index (Phi) is 6.64. The molecule has 0 aromatic heterocycles. The van der Waals surface area contributed by atoms with Gasteiger partial charge in [0.05, 0.1) is 18.9 Å². The number of hydrogen-bond donors (Lipinski definition) is 1. The molecule has 1 aliphatic rings. The van der Waals surface area contributed by atoms with Crippen molar-refractivity contribution in [1.29, 1.82) is 0 Å². The number of nitrogens with zero attached hydrogens (tertiary/aromatic N) is 1. The van der Waals surface area contributed by atoms with E-state index in [0.717, 1.165) is 37.1 Å². The predicted molar refractivity (Wildman–Crippen MR) is 93.8 cm³/mol. The zero-order chi connectivity index (χ0) is 17.5. The minimum absolute atomic E-state index is 0.00533. The van der Waals surface area contributed by atoms with Gasteiger partial charge in [0, 0.05) is 20.1 Å². The molecular formula is C19H28N2O3. The van der Waals surface area contributed by atoms with Crippen molar-refractivity contribution in [3.8, 4) is 5.75 Å². The van der Waals surface area contributed by atoms with Gasteiger partial charge in [0.25, 0.3) is 0 Å². The molecule has 1 aromatic carbocycles. The summed E-state index contributed by atoms with van der Waals surface area (Å²) in [4.78, 5) is 26.1. The lowest BCUT2D eigenvalue weighted by Gasteiger charge is -2.16. The summed E-state index contributed by atoms with van der Waals surface area (Å²) in [6.07, 6.45) is 3.53. The number of rotatable bonds is 9. The fraction of sp³-hybridized carbons (Fsp3) is 0.579. The van der Waals surface area contributed by atoms with Crippen molar-refractivity contribution >= 4 is 11.8 Å². The maximum atomic E-state index is 12.2. The lowest BCUT2D eigenvalue weighted by molar-refractivity contribution is -0.133. The van der Waals surface area contributed by atoms with E-state index in [1.54, 1.807) is 12.0 Å². The van der Waals surface area contributed by atoms with Crippen LogP contribution >= 0.6 is 0 Å². The number of carbonyl (C=O) groups is 2. The molecule has 24 heavy (non-hydrogen) atoms. The van der Waals surface area contributed by atoms with Gasteiger partial charge in [-0.05, 0) is 37.0 Å². The Morgan fingerprint density at radius 3 is 2.58 bits per heavy atom. The third kappa shape index (κ3) is 4.98. The quantitative estimate of drug-likeness (QED) is 0.754. The summed E-state index contributed by atoms with van der Waals surface area (Å²) in [6, 6.07) is 7.83. The molecule has 2 amide bonds. The molecule has 0 aliphatic heterocycles. The molecule has 1 aliphatic carbocycles. The van der Waals surface area contributed by atoms with Gasteiger partial charge in [-0.3, -0.25) is 9.59 Å². The van der Waals surface area contributed by atoms with Crippen LogP contribution in [0.15, 0.2) is 24.3 Å². The van der Waals surface area contributed by atoms with E-state index in [0.29, 0.717) is 13.0 Å². The summed E-state index contributed by atoms with van der Waals surface area (Å²) < 4.78 is 5.12. The Labute approximate surface area is 144 Å². The molecule has 5 heteroatoms. The third-order valence-electron chi connectivity index (χ3n) is 4.54. The second-order valence-corrected chi connectivity index (χ2v) is 6.45. The van der Waals surface area contributed by atoms with Crippen LogP contribution in [-0.4, -0.2) is 44.0 Å². The molecule has 0 bridgehead atoms. The van der Waals surface area contributed by atoms with Crippen molar-refractivity contribution in [2.24, 2.45) is 11.8 Å². The summed E-state index contributed by atoms with van der Waals surface area (Å²) in [5.41, 5.74) is 1.15. The number of ether oxygens (including phenoxy) is 1. The molecule has 132 valence electrons. The van der Waals surface area contributed by atoms with E-state index in [-0.39, 0.29) is 23.7 Å². The first kappa shape index (κ1) is 18.3. The van der Waals surface area contributed by atoms with E-state index in [1.165, 1.54) is 0 Å². The number of amides is 2. The molecule has 2 unspecified atom stereocenters. The minimum atomic E-state index is -0.141. The topological polar surface area (TPSA) is 58.6 Å². The zero-order valence-corrected chi connectivity index (χ0v) is 14.9. The molecule has 1 aromatic rings. The van der Waals surface area contributed by atoms with Crippen molar-refractivity contribution in [2.75, 3.05) is 27.2 Å². The molecule has 0 spiro atoms. The van der Waals surface area contributed by atoms with Crippen molar-refractivity contribution in [2.45, 2.75) is 32.6 Å². The molecular weight excluding hydrogens is 304 g/mol. The SMILES string of the molecule is CCCCN(C)C(=O)C1CC1C(=O)NCCc1ccc(OC)cc1. The standard InChI is InChI=1S/C19H28N2O3/c1-4-5-12-21(2)19(23)17-13-16(17)18(22)20-11-10-14-6-8-15(24-3)9-7-14/h6-9,16-17H,4-5,10-13H2,1-3H3,(H,20,22). The number of unbranched alkanes of at least 4 members (excludes halogenated alkanes) is 1. The number of methoxy groups -OCH3 is 1. The van der Waals surface area contributed by atoms with Crippen molar-refractivity contribution in [1.82, 2.24) is 10.2 Å². The van der Waals surface area contributed by atoms with Gasteiger partial charge in [-0.2, -0.15) is 0 Å².